The van der Waals surface area contributed by atoms with Crippen LogP contribution in [0.15, 0.2) is 18.3 Å². The van der Waals surface area contributed by atoms with E-state index in [4.69, 9.17) is 0 Å². The average molecular weight is 314 g/mol. The predicted octanol–water partition coefficient (Wildman–Crippen LogP) is 1.16. The summed E-state index contributed by atoms with van der Waals surface area (Å²) in [5.41, 5.74) is 0.242. The number of carbonyl (C=O) groups is 1. The number of hydrogen-bond donors (Lipinski definition) is 0. The molecule has 2 rings (SSSR count). The van der Waals surface area contributed by atoms with Gasteiger partial charge in [-0.15, -0.1) is 0 Å². The molecule has 0 aliphatic carbocycles. The van der Waals surface area contributed by atoms with Gasteiger partial charge >= 0.3 is 0 Å². The largest absolute Gasteiger partial charge is 0.302 e. The fraction of sp³-hybridized carbons (Fsp3) is 0.571. The van der Waals surface area contributed by atoms with Crippen molar-refractivity contribution in [3.63, 3.8) is 0 Å². The van der Waals surface area contributed by atoms with Crippen molar-refractivity contribution in [3.05, 3.63) is 29.8 Å². The van der Waals surface area contributed by atoms with E-state index >= 15 is 0 Å². The maximum Gasteiger partial charge on any atom is 0.185 e. The molecule has 7 heteroatoms. The summed E-state index contributed by atoms with van der Waals surface area (Å²) >= 11 is 0. The molecule has 5 nitrogen and oxygen atoms in total. The third kappa shape index (κ3) is 4.57. The first kappa shape index (κ1) is 16.0. The molecule has 0 radical (unpaired) electrons. The summed E-state index contributed by atoms with van der Waals surface area (Å²) in [6.45, 7) is 3.41. The van der Waals surface area contributed by atoms with Gasteiger partial charge in [0.25, 0.3) is 0 Å². The van der Waals surface area contributed by atoms with E-state index in [0.717, 1.165) is 6.20 Å². The second kappa shape index (κ2) is 6.62. The zero-order valence-electron chi connectivity index (χ0n) is 12.0. The van der Waals surface area contributed by atoms with Crippen LogP contribution in [0.4, 0.5) is 4.39 Å². The number of sulfone groups is 1. The normalized spacial score (nSPS) is 20.7. The number of aromatic nitrogens is 1. The third-order valence-electron chi connectivity index (χ3n) is 3.61. The van der Waals surface area contributed by atoms with E-state index in [1.54, 1.807) is 6.92 Å². The van der Waals surface area contributed by atoms with Crippen LogP contribution < -0.4 is 0 Å². The van der Waals surface area contributed by atoms with E-state index in [0.29, 0.717) is 26.1 Å². The quantitative estimate of drug-likeness (QED) is 0.780. The van der Waals surface area contributed by atoms with E-state index in [2.05, 4.69) is 4.98 Å². The van der Waals surface area contributed by atoms with E-state index in [-0.39, 0.29) is 28.9 Å². The highest BCUT2D eigenvalue weighted by atomic mass is 32.2. The Bertz CT molecular complexity index is 601. The van der Waals surface area contributed by atoms with Gasteiger partial charge in [0.2, 0.25) is 0 Å². The Labute approximate surface area is 124 Å². The molecule has 21 heavy (non-hydrogen) atoms. The molecule has 0 amide bonds. The van der Waals surface area contributed by atoms with Crippen molar-refractivity contribution in [2.24, 2.45) is 5.92 Å². The minimum atomic E-state index is -2.95. The van der Waals surface area contributed by atoms with Crippen LogP contribution in [0.3, 0.4) is 0 Å². The monoisotopic (exact) mass is 314 g/mol. The zero-order chi connectivity index (χ0) is 15.5. The molecule has 0 N–H and O–H groups in total. The number of Topliss-reactive ketones (excluding diaryl/α,β-unsaturated/α-hetero) is 1. The number of hydrogen-bond acceptors (Lipinski definition) is 5. The van der Waals surface area contributed by atoms with Crippen LogP contribution in [-0.4, -0.2) is 55.2 Å². The molecule has 1 aliphatic heterocycles. The fourth-order valence-corrected chi connectivity index (χ4v) is 3.73. The maximum absolute atomic E-state index is 12.8. The number of carbonyl (C=O) groups excluding carboxylic acids is 1. The van der Waals surface area contributed by atoms with Crippen molar-refractivity contribution in [2.45, 2.75) is 13.3 Å². The Morgan fingerprint density at radius 1 is 1.38 bits per heavy atom. The van der Waals surface area contributed by atoms with Gasteiger partial charge < -0.3 is 4.90 Å². The van der Waals surface area contributed by atoms with Gasteiger partial charge in [-0.05, 0) is 25.1 Å². The molecule has 2 heterocycles. The third-order valence-corrected chi connectivity index (χ3v) is 5.32. The van der Waals surface area contributed by atoms with Gasteiger partial charge in [-0.2, -0.15) is 0 Å². The number of rotatable bonds is 4. The molecule has 1 aliphatic rings. The van der Waals surface area contributed by atoms with Crippen molar-refractivity contribution in [1.29, 1.82) is 0 Å². The average Bonchev–Trinajstić information content (AvgIpc) is 2.60. The maximum atomic E-state index is 12.8. The molecular formula is C14H19FN2O3S. The number of pyridine rings is 1. The van der Waals surface area contributed by atoms with Crippen LogP contribution in [0.5, 0.6) is 0 Å². The molecule has 1 fully saturated rings. The summed E-state index contributed by atoms with van der Waals surface area (Å²) in [4.78, 5) is 18.0. The van der Waals surface area contributed by atoms with E-state index < -0.39 is 15.7 Å². The SMILES string of the molecule is CC(CN1CCCS(=O)(=O)CC1)C(=O)c1ccc(F)cn1. The fourth-order valence-electron chi connectivity index (χ4n) is 2.42. The van der Waals surface area contributed by atoms with E-state index in [1.165, 1.54) is 12.1 Å². The smallest absolute Gasteiger partial charge is 0.185 e. The first-order valence-electron chi connectivity index (χ1n) is 6.96. The lowest BCUT2D eigenvalue weighted by Crippen LogP contribution is -2.34. The minimum Gasteiger partial charge on any atom is -0.302 e. The Hall–Kier alpha value is -1.34. The van der Waals surface area contributed by atoms with Crippen LogP contribution >= 0.6 is 0 Å². The molecule has 116 valence electrons. The highest BCUT2D eigenvalue weighted by Gasteiger charge is 2.23. The second-order valence-corrected chi connectivity index (χ2v) is 7.74. The Morgan fingerprint density at radius 3 is 2.81 bits per heavy atom. The van der Waals surface area contributed by atoms with Crippen LogP contribution in [0.1, 0.15) is 23.8 Å². The molecule has 0 spiro atoms. The van der Waals surface area contributed by atoms with Crippen molar-refractivity contribution >= 4 is 15.6 Å². The van der Waals surface area contributed by atoms with Gasteiger partial charge in [0.05, 0.1) is 17.7 Å². The van der Waals surface area contributed by atoms with Gasteiger partial charge in [-0.1, -0.05) is 6.92 Å². The summed E-state index contributed by atoms with van der Waals surface area (Å²) in [5, 5.41) is 0. The van der Waals surface area contributed by atoms with Crippen molar-refractivity contribution in [3.8, 4) is 0 Å². The second-order valence-electron chi connectivity index (χ2n) is 5.43. The highest BCUT2D eigenvalue weighted by Crippen LogP contribution is 2.12. The molecule has 0 bridgehead atoms. The summed E-state index contributed by atoms with van der Waals surface area (Å²) in [5.74, 6) is -0.573. The number of nitrogens with zero attached hydrogens (tertiary/aromatic N) is 2. The molecule has 1 aromatic rings. The Kier molecular flexibility index (Phi) is 5.05. The lowest BCUT2D eigenvalue weighted by Gasteiger charge is -2.22. The summed E-state index contributed by atoms with van der Waals surface area (Å²) in [6.07, 6.45) is 1.62. The lowest BCUT2D eigenvalue weighted by molar-refractivity contribution is 0.0892. The summed E-state index contributed by atoms with van der Waals surface area (Å²) < 4.78 is 35.9. The zero-order valence-corrected chi connectivity index (χ0v) is 12.8. The molecular weight excluding hydrogens is 295 g/mol. The highest BCUT2D eigenvalue weighted by molar-refractivity contribution is 7.91. The lowest BCUT2D eigenvalue weighted by atomic mass is 10.0. The first-order valence-corrected chi connectivity index (χ1v) is 8.78. The topological polar surface area (TPSA) is 67.3 Å². The molecule has 1 unspecified atom stereocenters. The number of ketones is 1. The van der Waals surface area contributed by atoms with Crippen LogP contribution in [0, 0.1) is 11.7 Å². The molecule has 1 aromatic heterocycles. The van der Waals surface area contributed by atoms with Crippen LogP contribution in [0.2, 0.25) is 0 Å². The van der Waals surface area contributed by atoms with Gasteiger partial charge in [0.15, 0.2) is 15.6 Å². The van der Waals surface area contributed by atoms with E-state index in [1.807, 2.05) is 4.90 Å². The van der Waals surface area contributed by atoms with Crippen LogP contribution in [-0.2, 0) is 9.84 Å². The first-order chi connectivity index (χ1) is 9.87. The molecule has 0 saturated carbocycles. The van der Waals surface area contributed by atoms with Gasteiger partial charge in [0, 0.05) is 19.0 Å². The van der Waals surface area contributed by atoms with Crippen molar-refractivity contribution in [2.75, 3.05) is 31.1 Å². The van der Waals surface area contributed by atoms with Crippen LogP contribution in [0.25, 0.3) is 0 Å². The predicted molar refractivity (Wildman–Crippen MR) is 77.4 cm³/mol. The van der Waals surface area contributed by atoms with Gasteiger partial charge in [0.1, 0.15) is 11.5 Å². The van der Waals surface area contributed by atoms with Gasteiger partial charge in [-0.3, -0.25) is 9.78 Å². The van der Waals surface area contributed by atoms with E-state index in [9.17, 15) is 17.6 Å². The summed E-state index contributed by atoms with van der Waals surface area (Å²) in [6, 6.07) is 2.59. The van der Waals surface area contributed by atoms with Gasteiger partial charge in [-0.25, -0.2) is 12.8 Å². The number of halogens is 1. The minimum absolute atomic E-state index is 0.142. The standard InChI is InChI=1S/C14H19FN2O3S/c1-11(14(18)13-4-3-12(15)9-16-13)10-17-5-2-7-21(19,20)8-6-17/h3-4,9,11H,2,5-8,10H2,1H3. The Morgan fingerprint density at radius 2 is 2.14 bits per heavy atom. The summed E-state index contributed by atoms with van der Waals surface area (Å²) in [7, 11) is -2.95. The van der Waals surface area contributed by atoms with Crippen molar-refractivity contribution < 1.29 is 17.6 Å². The molecule has 0 aromatic carbocycles. The van der Waals surface area contributed by atoms with Crippen molar-refractivity contribution in [1.82, 2.24) is 9.88 Å². The molecule has 1 saturated heterocycles. The Balaban J connectivity index is 1.96. The molecule has 1 atom stereocenters.